The van der Waals surface area contributed by atoms with Gasteiger partial charge in [0.1, 0.15) is 0 Å². The summed E-state index contributed by atoms with van der Waals surface area (Å²) >= 11 is 0. The van der Waals surface area contributed by atoms with E-state index < -0.39 is 0 Å². The molecule has 0 saturated heterocycles. The van der Waals surface area contributed by atoms with Gasteiger partial charge in [-0.25, -0.2) is 0 Å². The summed E-state index contributed by atoms with van der Waals surface area (Å²) in [5, 5.41) is 14.4. The smallest absolute Gasteiger partial charge is 0.0991 e. The fraction of sp³-hybridized carbons (Fsp3) is 0.154. The summed E-state index contributed by atoms with van der Waals surface area (Å²) < 4.78 is 2.56. The zero-order valence-electron chi connectivity index (χ0n) is 22.7. The molecule has 1 heterocycles. The van der Waals surface area contributed by atoms with E-state index in [2.05, 4.69) is 114 Å². The Kier molecular flexibility index (Phi) is 4.78. The molecule has 3 aliphatic carbocycles. The van der Waals surface area contributed by atoms with E-state index in [1.165, 1.54) is 61.4 Å². The molecule has 0 radical (unpaired) electrons. The van der Waals surface area contributed by atoms with Gasteiger partial charge in [0.05, 0.1) is 28.4 Å². The lowest BCUT2D eigenvalue weighted by molar-refractivity contribution is 0.375. The molecule has 0 aliphatic heterocycles. The zero-order chi connectivity index (χ0) is 27.1. The van der Waals surface area contributed by atoms with Gasteiger partial charge in [-0.2, -0.15) is 5.26 Å². The van der Waals surface area contributed by atoms with Crippen LogP contribution in [0.3, 0.4) is 0 Å². The SMILES string of the molecule is N#Cc1ccc(-c2ccc(-n3c4ccccc4c4ccc5c(c43)C3=CCCC4C=CCC5C34)c3ccccc23)cc1. The second-order valence-electron chi connectivity index (χ2n) is 11.8. The second kappa shape index (κ2) is 8.56. The lowest BCUT2D eigenvalue weighted by Gasteiger charge is -2.33. The second-order valence-corrected chi connectivity index (χ2v) is 11.8. The third kappa shape index (κ3) is 3.12. The molecular weight excluding hydrogens is 496 g/mol. The van der Waals surface area contributed by atoms with Crippen LogP contribution in [0.4, 0.5) is 0 Å². The summed E-state index contributed by atoms with van der Waals surface area (Å²) in [6, 6.07) is 37.3. The molecule has 1 aromatic heterocycles. The molecule has 3 aliphatic rings. The van der Waals surface area contributed by atoms with Crippen LogP contribution in [0.1, 0.15) is 41.9 Å². The van der Waals surface area contributed by atoms with Crippen molar-refractivity contribution in [3.05, 3.63) is 132 Å². The van der Waals surface area contributed by atoms with Crippen LogP contribution in [-0.2, 0) is 0 Å². The van der Waals surface area contributed by atoms with Crippen molar-refractivity contribution in [1.82, 2.24) is 4.57 Å². The molecule has 3 unspecified atom stereocenters. The number of hydrogen-bond acceptors (Lipinski definition) is 1. The van der Waals surface area contributed by atoms with Gasteiger partial charge in [-0.15, -0.1) is 0 Å². The molecule has 9 rings (SSSR count). The van der Waals surface area contributed by atoms with E-state index in [0.29, 0.717) is 23.3 Å². The first-order chi connectivity index (χ1) is 20.3. The van der Waals surface area contributed by atoms with Gasteiger partial charge in [0.25, 0.3) is 0 Å². The Morgan fingerprint density at radius 1 is 0.756 bits per heavy atom. The van der Waals surface area contributed by atoms with E-state index in [1.807, 2.05) is 12.1 Å². The van der Waals surface area contributed by atoms with Crippen LogP contribution in [0.25, 0.3) is 55.0 Å². The molecule has 0 saturated carbocycles. The average molecular weight is 525 g/mol. The maximum atomic E-state index is 9.31. The molecule has 0 bridgehead atoms. The molecule has 0 amide bonds. The van der Waals surface area contributed by atoms with Crippen molar-refractivity contribution < 1.29 is 0 Å². The number of nitrogens with zero attached hydrogens (tertiary/aromatic N) is 2. The highest BCUT2D eigenvalue weighted by atomic mass is 15.0. The lowest BCUT2D eigenvalue weighted by atomic mass is 9.70. The van der Waals surface area contributed by atoms with E-state index in [1.54, 1.807) is 5.57 Å². The molecule has 3 atom stereocenters. The summed E-state index contributed by atoms with van der Waals surface area (Å²) in [5.41, 5.74) is 11.4. The summed E-state index contributed by atoms with van der Waals surface area (Å²) in [6.07, 6.45) is 11.1. The Labute approximate surface area is 239 Å². The Morgan fingerprint density at radius 2 is 1.56 bits per heavy atom. The minimum atomic E-state index is 0.581. The zero-order valence-corrected chi connectivity index (χ0v) is 22.7. The van der Waals surface area contributed by atoms with Gasteiger partial charge in [-0.1, -0.05) is 91.0 Å². The van der Waals surface area contributed by atoms with Crippen molar-refractivity contribution in [2.75, 3.05) is 0 Å². The maximum absolute atomic E-state index is 9.31. The molecule has 0 spiro atoms. The standard InChI is InChI=1S/C39H28N2/c40-23-24-15-17-25(18-16-24)27-21-22-36(29-10-2-1-9-28(27)29)41-35-14-4-3-11-30(35)33-20-19-32-31-12-5-7-26-8-6-13-34(37(26)31)38(32)39(33)41/h1-5,7,9-11,13-22,26,31,37H,6,8,12H2. The number of para-hydroxylation sites is 1. The molecule has 2 nitrogen and oxygen atoms in total. The van der Waals surface area contributed by atoms with Gasteiger partial charge in [0, 0.05) is 21.7 Å². The van der Waals surface area contributed by atoms with Gasteiger partial charge in [0.2, 0.25) is 0 Å². The van der Waals surface area contributed by atoms with Crippen LogP contribution in [0.5, 0.6) is 0 Å². The van der Waals surface area contributed by atoms with Crippen LogP contribution >= 0.6 is 0 Å². The first-order valence-corrected chi connectivity index (χ1v) is 14.8. The number of allylic oxidation sites excluding steroid dienone is 4. The normalized spacial score (nSPS) is 20.7. The summed E-state index contributed by atoms with van der Waals surface area (Å²) in [6.45, 7) is 0. The Morgan fingerprint density at radius 3 is 2.41 bits per heavy atom. The molecule has 194 valence electrons. The van der Waals surface area contributed by atoms with Crippen molar-refractivity contribution in [2.45, 2.75) is 25.2 Å². The van der Waals surface area contributed by atoms with Crippen LogP contribution in [0.15, 0.2) is 115 Å². The monoisotopic (exact) mass is 524 g/mol. The Bertz CT molecular complexity index is 2150. The minimum Gasteiger partial charge on any atom is -0.308 e. The fourth-order valence-electron chi connectivity index (χ4n) is 8.23. The third-order valence-corrected chi connectivity index (χ3v) is 9.92. The van der Waals surface area contributed by atoms with Crippen LogP contribution in [0, 0.1) is 23.2 Å². The summed E-state index contributed by atoms with van der Waals surface area (Å²) in [4.78, 5) is 0. The van der Waals surface area contributed by atoms with Gasteiger partial charge in [0.15, 0.2) is 0 Å². The Balaban J connectivity index is 1.37. The number of benzene rings is 5. The number of aromatic nitrogens is 1. The van der Waals surface area contributed by atoms with Crippen LogP contribution in [-0.4, -0.2) is 4.57 Å². The van der Waals surface area contributed by atoms with Gasteiger partial charge in [-0.3, -0.25) is 0 Å². The van der Waals surface area contributed by atoms with Gasteiger partial charge in [-0.05, 0) is 88.9 Å². The first kappa shape index (κ1) is 22.9. The van der Waals surface area contributed by atoms with Crippen molar-refractivity contribution in [2.24, 2.45) is 11.8 Å². The maximum Gasteiger partial charge on any atom is 0.0991 e. The van der Waals surface area contributed by atoms with E-state index >= 15 is 0 Å². The topological polar surface area (TPSA) is 28.7 Å². The quantitative estimate of drug-likeness (QED) is 0.207. The van der Waals surface area contributed by atoms with Crippen LogP contribution in [0.2, 0.25) is 0 Å². The Hall–Kier alpha value is -4.87. The number of fused-ring (bicyclic) bond motifs is 8. The highest BCUT2D eigenvalue weighted by Crippen LogP contribution is 2.58. The molecule has 41 heavy (non-hydrogen) atoms. The molecular formula is C39H28N2. The van der Waals surface area contributed by atoms with E-state index in [0.717, 1.165) is 18.4 Å². The van der Waals surface area contributed by atoms with E-state index in [4.69, 9.17) is 0 Å². The number of hydrogen-bond donors (Lipinski definition) is 0. The molecule has 6 aromatic rings. The summed E-state index contributed by atoms with van der Waals surface area (Å²) in [5.74, 6) is 1.84. The van der Waals surface area contributed by atoms with Gasteiger partial charge >= 0.3 is 0 Å². The van der Waals surface area contributed by atoms with Crippen molar-refractivity contribution in [1.29, 1.82) is 5.26 Å². The van der Waals surface area contributed by atoms with Crippen LogP contribution < -0.4 is 0 Å². The first-order valence-electron chi connectivity index (χ1n) is 14.8. The fourth-order valence-corrected chi connectivity index (χ4v) is 8.23. The highest BCUT2D eigenvalue weighted by molar-refractivity contribution is 6.15. The van der Waals surface area contributed by atoms with Crippen molar-refractivity contribution in [3.8, 4) is 22.9 Å². The number of rotatable bonds is 2. The predicted octanol–water partition coefficient (Wildman–Crippen LogP) is 9.94. The van der Waals surface area contributed by atoms with Gasteiger partial charge < -0.3 is 4.57 Å². The van der Waals surface area contributed by atoms with Crippen molar-refractivity contribution >= 4 is 38.2 Å². The molecule has 0 fully saturated rings. The number of nitriles is 1. The highest BCUT2D eigenvalue weighted by Gasteiger charge is 2.44. The average Bonchev–Trinajstić information content (AvgIpc) is 3.55. The largest absolute Gasteiger partial charge is 0.308 e. The van der Waals surface area contributed by atoms with E-state index in [-0.39, 0.29) is 0 Å². The predicted molar refractivity (Wildman–Crippen MR) is 169 cm³/mol. The molecule has 0 N–H and O–H groups in total. The molecule has 2 heteroatoms. The minimum absolute atomic E-state index is 0.581. The molecule has 5 aromatic carbocycles. The summed E-state index contributed by atoms with van der Waals surface area (Å²) in [7, 11) is 0. The van der Waals surface area contributed by atoms with Crippen molar-refractivity contribution in [3.63, 3.8) is 0 Å². The third-order valence-electron chi connectivity index (χ3n) is 9.92. The van der Waals surface area contributed by atoms with E-state index in [9.17, 15) is 5.26 Å². The lowest BCUT2D eigenvalue weighted by Crippen LogP contribution is -2.22.